The highest BCUT2D eigenvalue weighted by molar-refractivity contribution is 5.94. The van der Waals surface area contributed by atoms with E-state index in [1.807, 2.05) is 18.2 Å². The van der Waals surface area contributed by atoms with Gasteiger partial charge in [0.25, 0.3) is 0 Å². The average Bonchev–Trinajstić information content (AvgIpc) is 2.99. The lowest BCUT2D eigenvalue weighted by Crippen LogP contribution is -2.02. The van der Waals surface area contributed by atoms with Crippen molar-refractivity contribution in [2.45, 2.75) is 13.3 Å². The summed E-state index contributed by atoms with van der Waals surface area (Å²) in [5.41, 5.74) is 3.01. The predicted molar refractivity (Wildman–Crippen MR) is 59.8 cm³/mol. The standard InChI is InChI=1S/C13H10O2/c1-8-7-11(14)13-10(9-5-6-9)3-2-4-12(13)15-8/h2-5,7H,6H2,1H3. The van der Waals surface area contributed by atoms with Crippen LogP contribution >= 0.6 is 0 Å². The van der Waals surface area contributed by atoms with Crippen LogP contribution in [0.15, 0.2) is 39.6 Å². The second kappa shape index (κ2) is 2.83. The number of rotatable bonds is 1. The van der Waals surface area contributed by atoms with E-state index < -0.39 is 0 Å². The van der Waals surface area contributed by atoms with Crippen LogP contribution < -0.4 is 5.43 Å². The minimum Gasteiger partial charge on any atom is -0.461 e. The molecule has 1 heterocycles. The molecule has 0 atom stereocenters. The van der Waals surface area contributed by atoms with Crippen molar-refractivity contribution >= 4 is 16.5 Å². The molecule has 0 aliphatic heterocycles. The molecule has 1 aromatic heterocycles. The van der Waals surface area contributed by atoms with Crippen LogP contribution in [0.1, 0.15) is 17.7 Å². The summed E-state index contributed by atoms with van der Waals surface area (Å²) in [6.07, 6.45) is 3.11. The van der Waals surface area contributed by atoms with Crippen molar-refractivity contribution in [2.24, 2.45) is 0 Å². The second-order valence-corrected chi connectivity index (χ2v) is 3.83. The molecule has 0 unspecified atom stereocenters. The monoisotopic (exact) mass is 198 g/mol. The molecular weight excluding hydrogens is 188 g/mol. The van der Waals surface area contributed by atoms with Gasteiger partial charge in [-0.15, -0.1) is 0 Å². The maximum atomic E-state index is 11.9. The lowest BCUT2D eigenvalue weighted by Gasteiger charge is -2.02. The van der Waals surface area contributed by atoms with Gasteiger partial charge < -0.3 is 4.42 Å². The summed E-state index contributed by atoms with van der Waals surface area (Å²) in [6.45, 7) is 1.80. The topological polar surface area (TPSA) is 30.2 Å². The zero-order valence-electron chi connectivity index (χ0n) is 8.41. The van der Waals surface area contributed by atoms with Crippen molar-refractivity contribution < 1.29 is 4.42 Å². The Balaban J connectivity index is 2.48. The van der Waals surface area contributed by atoms with Gasteiger partial charge in [0.1, 0.15) is 11.3 Å². The van der Waals surface area contributed by atoms with Gasteiger partial charge in [-0.3, -0.25) is 4.79 Å². The number of benzene rings is 1. The summed E-state index contributed by atoms with van der Waals surface area (Å²) in [4.78, 5) is 11.9. The van der Waals surface area contributed by atoms with Crippen LogP contribution in [0.25, 0.3) is 16.5 Å². The summed E-state index contributed by atoms with van der Waals surface area (Å²) in [6, 6.07) is 7.30. The van der Waals surface area contributed by atoms with E-state index in [0.717, 1.165) is 12.0 Å². The van der Waals surface area contributed by atoms with Gasteiger partial charge in [-0.25, -0.2) is 0 Å². The van der Waals surface area contributed by atoms with Crippen molar-refractivity contribution in [1.29, 1.82) is 0 Å². The molecular formula is C13H10O2. The molecule has 0 N–H and O–H groups in total. The fourth-order valence-electron chi connectivity index (χ4n) is 1.87. The van der Waals surface area contributed by atoms with Crippen LogP contribution in [0.5, 0.6) is 0 Å². The van der Waals surface area contributed by atoms with Gasteiger partial charge in [-0.05, 0) is 30.5 Å². The summed E-state index contributed by atoms with van der Waals surface area (Å²) < 4.78 is 5.53. The largest absolute Gasteiger partial charge is 0.461 e. The molecule has 0 saturated carbocycles. The maximum absolute atomic E-state index is 11.9. The van der Waals surface area contributed by atoms with Crippen molar-refractivity contribution in [2.75, 3.05) is 0 Å². The van der Waals surface area contributed by atoms with Gasteiger partial charge in [-0.2, -0.15) is 0 Å². The Hall–Kier alpha value is -1.83. The van der Waals surface area contributed by atoms with Gasteiger partial charge >= 0.3 is 0 Å². The molecule has 2 aromatic rings. The van der Waals surface area contributed by atoms with Crippen LogP contribution in [0, 0.1) is 6.92 Å². The predicted octanol–water partition coefficient (Wildman–Crippen LogP) is 2.89. The SMILES string of the molecule is Cc1cc(=O)c2c(C3=CC3)cccc2o1. The van der Waals surface area contributed by atoms with Crippen LogP contribution in [-0.2, 0) is 0 Å². The summed E-state index contributed by atoms with van der Waals surface area (Å²) in [5.74, 6) is 0.662. The number of hydrogen-bond donors (Lipinski definition) is 0. The van der Waals surface area contributed by atoms with E-state index in [1.54, 1.807) is 13.0 Å². The van der Waals surface area contributed by atoms with Crippen molar-refractivity contribution in [3.63, 3.8) is 0 Å². The molecule has 3 rings (SSSR count). The first-order chi connectivity index (χ1) is 7.25. The van der Waals surface area contributed by atoms with E-state index in [0.29, 0.717) is 16.7 Å². The Morgan fingerprint density at radius 2 is 2.13 bits per heavy atom. The van der Waals surface area contributed by atoms with Crippen molar-refractivity contribution in [1.82, 2.24) is 0 Å². The third kappa shape index (κ3) is 1.30. The van der Waals surface area contributed by atoms with E-state index in [4.69, 9.17) is 4.42 Å². The molecule has 1 aliphatic rings. The number of hydrogen-bond acceptors (Lipinski definition) is 2. The zero-order valence-corrected chi connectivity index (χ0v) is 8.41. The summed E-state index contributed by atoms with van der Waals surface area (Å²) in [7, 11) is 0. The molecule has 0 saturated heterocycles. The molecule has 15 heavy (non-hydrogen) atoms. The Kier molecular flexibility index (Phi) is 1.60. The van der Waals surface area contributed by atoms with Crippen molar-refractivity contribution in [3.05, 3.63) is 51.9 Å². The quantitative estimate of drug-likeness (QED) is 0.705. The second-order valence-electron chi connectivity index (χ2n) is 3.83. The van der Waals surface area contributed by atoms with Crippen LogP contribution in [0.3, 0.4) is 0 Å². The highest BCUT2D eigenvalue weighted by Crippen LogP contribution is 2.34. The molecule has 2 heteroatoms. The summed E-state index contributed by atoms with van der Waals surface area (Å²) >= 11 is 0. The molecule has 1 aromatic carbocycles. The van der Waals surface area contributed by atoms with Crippen molar-refractivity contribution in [3.8, 4) is 0 Å². The van der Waals surface area contributed by atoms with E-state index >= 15 is 0 Å². The van der Waals surface area contributed by atoms with Crippen LogP contribution in [-0.4, -0.2) is 0 Å². The van der Waals surface area contributed by atoms with E-state index in [-0.39, 0.29) is 5.43 Å². The highest BCUT2D eigenvalue weighted by atomic mass is 16.3. The first-order valence-electron chi connectivity index (χ1n) is 4.98. The Labute approximate surface area is 86.8 Å². The molecule has 0 amide bonds. The molecule has 74 valence electrons. The van der Waals surface area contributed by atoms with Gasteiger partial charge in [0, 0.05) is 6.07 Å². The Morgan fingerprint density at radius 3 is 2.87 bits per heavy atom. The highest BCUT2D eigenvalue weighted by Gasteiger charge is 2.15. The minimum absolute atomic E-state index is 0.0529. The fourth-order valence-corrected chi connectivity index (χ4v) is 1.87. The van der Waals surface area contributed by atoms with E-state index in [2.05, 4.69) is 6.08 Å². The zero-order chi connectivity index (χ0) is 10.4. The number of aryl methyl sites for hydroxylation is 1. The van der Waals surface area contributed by atoms with Crippen LogP contribution in [0.2, 0.25) is 0 Å². The third-order valence-electron chi connectivity index (χ3n) is 2.63. The maximum Gasteiger partial charge on any atom is 0.193 e. The molecule has 0 spiro atoms. The Morgan fingerprint density at radius 1 is 1.33 bits per heavy atom. The van der Waals surface area contributed by atoms with Gasteiger partial charge in [0.05, 0.1) is 5.39 Å². The Bertz CT molecular complexity index is 633. The lowest BCUT2D eigenvalue weighted by molar-refractivity contribution is 0.564. The average molecular weight is 198 g/mol. The number of allylic oxidation sites excluding steroid dienone is 2. The van der Waals surface area contributed by atoms with Gasteiger partial charge in [-0.1, -0.05) is 18.2 Å². The molecule has 0 radical (unpaired) electrons. The smallest absolute Gasteiger partial charge is 0.193 e. The van der Waals surface area contributed by atoms with Gasteiger partial charge in [0.15, 0.2) is 5.43 Å². The lowest BCUT2D eigenvalue weighted by atomic mass is 10.1. The van der Waals surface area contributed by atoms with E-state index in [1.165, 1.54) is 5.57 Å². The third-order valence-corrected chi connectivity index (χ3v) is 2.63. The fraction of sp³-hybridized carbons (Fsp3) is 0.154. The van der Waals surface area contributed by atoms with E-state index in [9.17, 15) is 4.79 Å². The number of fused-ring (bicyclic) bond motifs is 1. The first kappa shape index (κ1) is 8.48. The minimum atomic E-state index is 0.0529. The molecule has 2 nitrogen and oxygen atoms in total. The molecule has 1 aliphatic carbocycles. The molecule has 0 bridgehead atoms. The normalized spacial score (nSPS) is 14.1. The molecule has 0 fully saturated rings. The summed E-state index contributed by atoms with van der Waals surface area (Å²) in [5, 5.41) is 0.715. The first-order valence-corrected chi connectivity index (χ1v) is 4.98. The van der Waals surface area contributed by atoms with Crippen LogP contribution in [0.4, 0.5) is 0 Å². The van der Waals surface area contributed by atoms with Gasteiger partial charge in [0.2, 0.25) is 0 Å².